The maximum Gasteiger partial charge on any atom is 0.267 e. The van der Waals surface area contributed by atoms with Crippen molar-refractivity contribution in [3.63, 3.8) is 0 Å². The van der Waals surface area contributed by atoms with Gasteiger partial charge in [-0.3, -0.25) is 14.0 Å². The van der Waals surface area contributed by atoms with Crippen LogP contribution in [0.15, 0.2) is 76.7 Å². The van der Waals surface area contributed by atoms with Crippen LogP contribution < -0.4 is 5.56 Å². The zero-order valence-corrected chi connectivity index (χ0v) is 20.8. The molecule has 0 aliphatic heterocycles. The monoisotopic (exact) mass is 483 g/mol. The highest BCUT2D eigenvalue weighted by Crippen LogP contribution is 2.26. The third-order valence-electron chi connectivity index (χ3n) is 5.96. The fourth-order valence-corrected chi connectivity index (χ4v) is 5.09. The number of nitrogens with zero attached hydrogens (tertiary/aromatic N) is 5. The number of carbonyl (C=O) groups is 1. The number of aryl methyl sites for hydroxylation is 2. The van der Waals surface area contributed by atoms with Gasteiger partial charge in [0.2, 0.25) is 5.78 Å². The normalized spacial score (nSPS) is 11.3. The van der Waals surface area contributed by atoms with Gasteiger partial charge in [-0.1, -0.05) is 53.7 Å². The number of thioether (sulfide) groups is 1. The second kappa shape index (κ2) is 9.03. The second-order valence-electron chi connectivity index (χ2n) is 8.75. The summed E-state index contributed by atoms with van der Waals surface area (Å²) in [7, 11) is 3.48. The molecule has 1 amide bonds. The van der Waals surface area contributed by atoms with Crippen molar-refractivity contribution in [1.29, 1.82) is 0 Å². The lowest BCUT2D eigenvalue weighted by Crippen LogP contribution is -2.22. The first-order chi connectivity index (χ1) is 16.8. The van der Waals surface area contributed by atoms with E-state index in [1.807, 2.05) is 78.9 Å². The molecule has 0 fully saturated rings. The van der Waals surface area contributed by atoms with E-state index in [1.54, 1.807) is 35.3 Å². The highest BCUT2D eigenvalue weighted by molar-refractivity contribution is 7.98. The van der Waals surface area contributed by atoms with Gasteiger partial charge in [-0.15, -0.1) is 10.2 Å². The van der Waals surface area contributed by atoms with Gasteiger partial charge < -0.3 is 4.90 Å². The fraction of sp³-hybridized carbons (Fsp3) is 0.185. The molecule has 176 valence electrons. The fourth-order valence-electron chi connectivity index (χ4n) is 4.20. The number of hydrogen-bond donors (Lipinski definition) is 0. The summed E-state index contributed by atoms with van der Waals surface area (Å²) in [5.74, 6) is 1.10. The van der Waals surface area contributed by atoms with Crippen molar-refractivity contribution >= 4 is 34.3 Å². The Hall–Kier alpha value is -3.91. The Morgan fingerprint density at radius 2 is 1.71 bits per heavy atom. The number of amides is 1. The molecule has 0 N–H and O–H groups in total. The SMILES string of the molecule is Cc1ccc(-n2c(=O)c3ccccc3n3c(SCc4ccc(C(=O)N(C)C)cc4)nnc23)c(C)c1. The van der Waals surface area contributed by atoms with Crippen molar-refractivity contribution in [2.75, 3.05) is 14.1 Å². The van der Waals surface area contributed by atoms with E-state index in [2.05, 4.69) is 16.3 Å². The van der Waals surface area contributed by atoms with Crippen LogP contribution in [-0.4, -0.2) is 44.1 Å². The Morgan fingerprint density at radius 3 is 2.43 bits per heavy atom. The molecule has 0 saturated carbocycles. The quantitative estimate of drug-likeness (QED) is 0.341. The van der Waals surface area contributed by atoms with E-state index in [4.69, 9.17) is 0 Å². The summed E-state index contributed by atoms with van der Waals surface area (Å²) in [5.41, 5.74) is 5.29. The van der Waals surface area contributed by atoms with E-state index in [0.717, 1.165) is 27.9 Å². The van der Waals surface area contributed by atoms with Gasteiger partial charge >= 0.3 is 0 Å². The summed E-state index contributed by atoms with van der Waals surface area (Å²) < 4.78 is 3.60. The second-order valence-corrected chi connectivity index (χ2v) is 9.69. The summed E-state index contributed by atoms with van der Waals surface area (Å²) in [5, 5.41) is 10.2. The average molecular weight is 484 g/mol. The van der Waals surface area contributed by atoms with Gasteiger partial charge in [-0.25, -0.2) is 4.57 Å². The molecule has 0 atom stereocenters. The average Bonchev–Trinajstić information content (AvgIpc) is 3.27. The molecule has 8 heteroatoms. The molecule has 7 nitrogen and oxygen atoms in total. The minimum absolute atomic E-state index is 0.0245. The van der Waals surface area contributed by atoms with Crippen LogP contribution in [0.2, 0.25) is 0 Å². The van der Waals surface area contributed by atoms with E-state index in [0.29, 0.717) is 27.6 Å². The van der Waals surface area contributed by atoms with E-state index in [9.17, 15) is 9.59 Å². The first kappa shape index (κ1) is 22.9. The van der Waals surface area contributed by atoms with Crippen LogP contribution in [0.1, 0.15) is 27.0 Å². The number of benzene rings is 3. The number of para-hydroxylation sites is 1. The van der Waals surface area contributed by atoms with Gasteiger partial charge in [0.05, 0.1) is 16.6 Å². The van der Waals surface area contributed by atoms with Gasteiger partial charge in [0.25, 0.3) is 11.5 Å². The van der Waals surface area contributed by atoms with Crippen LogP contribution in [-0.2, 0) is 5.75 Å². The molecule has 0 unspecified atom stereocenters. The zero-order valence-electron chi connectivity index (χ0n) is 20.0. The summed E-state index contributed by atoms with van der Waals surface area (Å²) in [6.07, 6.45) is 0. The Bertz CT molecular complexity index is 1630. The third-order valence-corrected chi connectivity index (χ3v) is 6.96. The molecule has 2 aromatic heterocycles. The van der Waals surface area contributed by atoms with E-state index >= 15 is 0 Å². The van der Waals surface area contributed by atoms with Crippen LogP contribution in [0, 0.1) is 13.8 Å². The Morgan fingerprint density at radius 1 is 0.971 bits per heavy atom. The van der Waals surface area contributed by atoms with Crippen molar-refractivity contribution in [2.24, 2.45) is 0 Å². The molecule has 35 heavy (non-hydrogen) atoms. The molecule has 0 aliphatic rings. The molecule has 0 bridgehead atoms. The molecule has 3 aromatic carbocycles. The smallest absolute Gasteiger partial charge is 0.267 e. The van der Waals surface area contributed by atoms with Crippen molar-refractivity contribution in [3.05, 3.63) is 99.3 Å². The third kappa shape index (κ3) is 4.10. The molecule has 0 aliphatic carbocycles. The Kier molecular flexibility index (Phi) is 5.90. The molecule has 5 aromatic rings. The molecule has 0 saturated heterocycles. The standard InChI is InChI=1S/C27H25N5O2S/c1-17-9-14-22(18(2)15-17)31-25(34)21-7-5-6-8-23(21)32-26(31)28-29-27(32)35-16-19-10-12-20(13-11-19)24(33)30(3)4/h5-15H,16H2,1-4H3. The number of fused-ring (bicyclic) bond motifs is 3. The first-order valence-electron chi connectivity index (χ1n) is 11.2. The van der Waals surface area contributed by atoms with Gasteiger partial charge in [-0.05, 0) is 55.3 Å². The topological polar surface area (TPSA) is 72.5 Å². The Labute approximate surface area is 207 Å². The minimum atomic E-state index is -0.120. The van der Waals surface area contributed by atoms with Gasteiger partial charge in [0.15, 0.2) is 5.16 Å². The van der Waals surface area contributed by atoms with Crippen LogP contribution >= 0.6 is 11.8 Å². The van der Waals surface area contributed by atoms with Gasteiger partial charge in [0.1, 0.15) is 0 Å². The Balaban J connectivity index is 1.59. The lowest BCUT2D eigenvalue weighted by atomic mass is 10.1. The predicted octanol–water partition coefficient (Wildman–Crippen LogP) is 4.64. The van der Waals surface area contributed by atoms with E-state index in [-0.39, 0.29) is 11.5 Å². The van der Waals surface area contributed by atoms with Crippen molar-refractivity contribution in [1.82, 2.24) is 24.1 Å². The maximum atomic E-state index is 13.5. The van der Waals surface area contributed by atoms with Gasteiger partial charge in [-0.2, -0.15) is 0 Å². The lowest BCUT2D eigenvalue weighted by molar-refractivity contribution is 0.0827. The molecular formula is C27H25N5O2S. The lowest BCUT2D eigenvalue weighted by Gasteiger charge is -2.14. The van der Waals surface area contributed by atoms with E-state index < -0.39 is 0 Å². The highest BCUT2D eigenvalue weighted by atomic mass is 32.2. The largest absolute Gasteiger partial charge is 0.345 e. The predicted molar refractivity (Wildman–Crippen MR) is 140 cm³/mol. The van der Waals surface area contributed by atoms with Crippen LogP contribution in [0.25, 0.3) is 22.4 Å². The van der Waals surface area contributed by atoms with Crippen LogP contribution in [0.5, 0.6) is 0 Å². The summed E-state index contributed by atoms with van der Waals surface area (Å²) in [6, 6.07) is 21.2. The number of rotatable bonds is 5. The molecule has 2 heterocycles. The number of aromatic nitrogens is 4. The highest BCUT2D eigenvalue weighted by Gasteiger charge is 2.19. The first-order valence-corrected chi connectivity index (χ1v) is 12.2. The minimum Gasteiger partial charge on any atom is -0.345 e. The summed E-state index contributed by atoms with van der Waals surface area (Å²) in [4.78, 5) is 27.3. The van der Waals surface area contributed by atoms with Crippen molar-refractivity contribution in [3.8, 4) is 5.69 Å². The number of hydrogen-bond acceptors (Lipinski definition) is 5. The molecule has 5 rings (SSSR count). The molecule has 0 spiro atoms. The van der Waals surface area contributed by atoms with Crippen LogP contribution in [0.4, 0.5) is 0 Å². The molecular weight excluding hydrogens is 458 g/mol. The summed E-state index contributed by atoms with van der Waals surface area (Å²) >= 11 is 1.54. The number of carbonyl (C=O) groups excluding carboxylic acids is 1. The molecule has 0 radical (unpaired) electrons. The van der Waals surface area contributed by atoms with Gasteiger partial charge in [0, 0.05) is 25.4 Å². The summed E-state index contributed by atoms with van der Waals surface area (Å²) in [6.45, 7) is 4.03. The van der Waals surface area contributed by atoms with Crippen molar-refractivity contribution in [2.45, 2.75) is 24.8 Å². The maximum absolute atomic E-state index is 13.5. The van der Waals surface area contributed by atoms with Crippen LogP contribution in [0.3, 0.4) is 0 Å². The van der Waals surface area contributed by atoms with Crippen molar-refractivity contribution < 1.29 is 4.79 Å². The zero-order chi connectivity index (χ0) is 24.7. The van der Waals surface area contributed by atoms with E-state index in [1.165, 1.54) is 0 Å².